The number of hydrogen-bond donors (Lipinski definition) is 0. The van der Waals surface area contributed by atoms with Crippen molar-refractivity contribution in [3.8, 4) is 0 Å². The summed E-state index contributed by atoms with van der Waals surface area (Å²) in [6.45, 7) is 7.69. The molecule has 0 saturated carbocycles. The zero-order valence-corrected chi connectivity index (χ0v) is 13.6. The van der Waals surface area contributed by atoms with Crippen LogP contribution in [0, 0.1) is 0 Å². The minimum Gasteiger partial charge on any atom is -0.444 e. The second-order valence-electron chi connectivity index (χ2n) is 7.10. The molecule has 0 unspecified atom stereocenters. The Morgan fingerprint density at radius 1 is 1.05 bits per heavy atom. The molecule has 0 aromatic heterocycles. The van der Waals surface area contributed by atoms with Gasteiger partial charge in [-0.1, -0.05) is 25.7 Å². The number of amides is 2. The van der Waals surface area contributed by atoms with Crippen LogP contribution in [0.5, 0.6) is 0 Å². The standard InChI is InChI=1S/C16H28N2O3/c1-16(2,3)21-15(20)18-11-9-7-5-4-6-8-10-17-12-13(18)14(17)19/h13H,4-12H2,1-3H3/t13-/m0/s1. The highest BCUT2D eigenvalue weighted by Crippen LogP contribution is 2.22. The van der Waals surface area contributed by atoms with Crippen LogP contribution < -0.4 is 0 Å². The molecule has 3 fully saturated rings. The fourth-order valence-electron chi connectivity index (χ4n) is 2.90. The Labute approximate surface area is 127 Å². The van der Waals surface area contributed by atoms with Gasteiger partial charge in [-0.25, -0.2) is 4.79 Å². The Hall–Kier alpha value is -1.26. The first-order valence-corrected chi connectivity index (χ1v) is 8.17. The van der Waals surface area contributed by atoms with Gasteiger partial charge in [0.1, 0.15) is 11.6 Å². The maximum atomic E-state index is 12.3. The summed E-state index contributed by atoms with van der Waals surface area (Å²) in [7, 11) is 0. The quantitative estimate of drug-likeness (QED) is 0.646. The Kier molecular flexibility index (Phi) is 5.12. The van der Waals surface area contributed by atoms with Crippen LogP contribution in [0.25, 0.3) is 0 Å². The van der Waals surface area contributed by atoms with E-state index in [1.54, 1.807) is 4.90 Å². The third kappa shape index (κ3) is 4.35. The lowest BCUT2D eigenvalue weighted by atomic mass is 10.0. The summed E-state index contributed by atoms with van der Waals surface area (Å²) in [5, 5.41) is 0. The second kappa shape index (κ2) is 6.67. The van der Waals surface area contributed by atoms with Crippen molar-refractivity contribution in [1.29, 1.82) is 0 Å². The van der Waals surface area contributed by atoms with Crippen molar-refractivity contribution in [1.82, 2.24) is 9.80 Å². The molecule has 5 heteroatoms. The fourth-order valence-corrected chi connectivity index (χ4v) is 2.90. The summed E-state index contributed by atoms with van der Waals surface area (Å²) in [6, 6.07) is -0.306. The van der Waals surface area contributed by atoms with Gasteiger partial charge in [-0.3, -0.25) is 9.69 Å². The van der Waals surface area contributed by atoms with Gasteiger partial charge in [-0.15, -0.1) is 0 Å². The molecule has 3 aliphatic heterocycles. The largest absolute Gasteiger partial charge is 0.444 e. The molecule has 2 bridgehead atoms. The van der Waals surface area contributed by atoms with Crippen LogP contribution in [0.3, 0.4) is 0 Å². The van der Waals surface area contributed by atoms with E-state index in [1.807, 2.05) is 25.7 Å². The summed E-state index contributed by atoms with van der Waals surface area (Å²) in [6.07, 6.45) is 6.42. The molecule has 3 heterocycles. The van der Waals surface area contributed by atoms with Crippen molar-refractivity contribution in [3.63, 3.8) is 0 Å². The third-order valence-electron chi connectivity index (χ3n) is 4.07. The highest BCUT2D eigenvalue weighted by molar-refractivity contribution is 5.91. The van der Waals surface area contributed by atoms with Crippen molar-refractivity contribution in [3.05, 3.63) is 0 Å². The predicted octanol–water partition coefficient (Wildman–Crippen LogP) is 2.79. The lowest BCUT2D eigenvalue weighted by Crippen LogP contribution is -2.65. The van der Waals surface area contributed by atoms with E-state index in [-0.39, 0.29) is 18.0 Å². The normalized spacial score (nSPS) is 24.7. The van der Waals surface area contributed by atoms with Crippen molar-refractivity contribution >= 4 is 12.0 Å². The van der Waals surface area contributed by atoms with Gasteiger partial charge in [0.2, 0.25) is 5.91 Å². The van der Waals surface area contributed by atoms with E-state index in [4.69, 9.17) is 4.74 Å². The number of fused-ring (bicyclic) bond motifs is 8. The van der Waals surface area contributed by atoms with Gasteiger partial charge in [0.05, 0.1) is 6.54 Å². The molecular weight excluding hydrogens is 268 g/mol. The minimum atomic E-state index is -0.521. The molecule has 0 aliphatic carbocycles. The topological polar surface area (TPSA) is 49.9 Å². The lowest BCUT2D eigenvalue weighted by Gasteiger charge is -2.44. The van der Waals surface area contributed by atoms with E-state index in [2.05, 4.69) is 0 Å². The average molecular weight is 296 g/mol. The van der Waals surface area contributed by atoms with Gasteiger partial charge < -0.3 is 9.64 Å². The Morgan fingerprint density at radius 2 is 1.62 bits per heavy atom. The first-order valence-electron chi connectivity index (χ1n) is 8.17. The summed E-state index contributed by atoms with van der Waals surface area (Å²) in [5.74, 6) is 0.0847. The molecule has 0 aromatic carbocycles. The summed E-state index contributed by atoms with van der Waals surface area (Å²) >= 11 is 0. The number of carbonyl (C=O) groups is 2. The monoisotopic (exact) mass is 296 g/mol. The van der Waals surface area contributed by atoms with Crippen molar-refractivity contribution in [2.45, 2.75) is 70.9 Å². The molecule has 2 amide bonds. The van der Waals surface area contributed by atoms with Gasteiger partial charge >= 0.3 is 6.09 Å². The van der Waals surface area contributed by atoms with Crippen molar-refractivity contribution in [2.24, 2.45) is 0 Å². The summed E-state index contributed by atoms with van der Waals surface area (Å²) in [4.78, 5) is 28.1. The second-order valence-corrected chi connectivity index (χ2v) is 7.10. The van der Waals surface area contributed by atoms with E-state index >= 15 is 0 Å². The molecule has 3 saturated heterocycles. The van der Waals surface area contributed by atoms with Gasteiger partial charge in [0.25, 0.3) is 0 Å². The first kappa shape index (κ1) is 16.1. The number of rotatable bonds is 0. The zero-order valence-electron chi connectivity index (χ0n) is 13.6. The van der Waals surface area contributed by atoms with E-state index < -0.39 is 5.60 Å². The van der Waals surface area contributed by atoms with Crippen molar-refractivity contribution in [2.75, 3.05) is 19.6 Å². The molecule has 0 spiro atoms. The van der Waals surface area contributed by atoms with Crippen LogP contribution >= 0.6 is 0 Å². The highest BCUT2D eigenvalue weighted by Gasteiger charge is 2.43. The molecule has 3 rings (SSSR count). The first-order chi connectivity index (χ1) is 9.88. The van der Waals surface area contributed by atoms with E-state index in [1.165, 1.54) is 19.3 Å². The molecular formula is C16H28N2O3. The average Bonchev–Trinajstić information content (AvgIpc) is 2.35. The number of carbonyl (C=O) groups excluding carboxylic acids is 2. The number of hydrogen-bond acceptors (Lipinski definition) is 3. The smallest absolute Gasteiger partial charge is 0.411 e. The van der Waals surface area contributed by atoms with Crippen LogP contribution in [-0.4, -0.2) is 53.1 Å². The van der Waals surface area contributed by atoms with E-state index in [0.29, 0.717) is 13.1 Å². The third-order valence-corrected chi connectivity index (χ3v) is 4.07. The Balaban J connectivity index is 2.01. The van der Waals surface area contributed by atoms with Crippen LogP contribution in [0.15, 0.2) is 0 Å². The number of nitrogens with zero attached hydrogens (tertiary/aromatic N) is 2. The molecule has 3 aliphatic rings. The Morgan fingerprint density at radius 3 is 2.19 bits per heavy atom. The molecule has 0 aromatic rings. The van der Waals surface area contributed by atoms with Gasteiger partial charge in [-0.05, 0) is 33.6 Å². The van der Waals surface area contributed by atoms with Crippen LogP contribution in [0.1, 0.15) is 59.3 Å². The van der Waals surface area contributed by atoms with Crippen LogP contribution in [-0.2, 0) is 9.53 Å². The maximum absolute atomic E-state index is 12.3. The van der Waals surface area contributed by atoms with Crippen LogP contribution in [0.4, 0.5) is 4.79 Å². The number of β-lactam (4-membered cyclic amide) rings is 1. The number of ether oxygens (including phenoxy) is 1. The van der Waals surface area contributed by atoms with Gasteiger partial charge in [0, 0.05) is 13.1 Å². The zero-order chi connectivity index (χ0) is 15.5. The molecule has 21 heavy (non-hydrogen) atoms. The van der Waals surface area contributed by atoms with E-state index in [9.17, 15) is 9.59 Å². The molecule has 0 N–H and O–H groups in total. The van der Waals surface area contributed by atoms with E-state index in [0.717, 1.165) is 25.8 Å². The maximum Gasteiger partial charge on any atom is 0.411 e. The predicted molar refractivity (Wildman–Crippen MR) is 81.0 cm³/mol. The fraction of sp³-hybridized carbons (Fsp3) is 0.875. The van der Waals surface area contributed by atoms with Crippen molar-refractivity contribution < 1.29 is 14.3 Å². The van der Waals surface area contributed by atoms with Gasteiger partial charge in [0.15, 0.2) is 0 Å². The summed E-state index contributed by atoms with van der Waals surface area (Å²) in [5.41, 5.74) is -0.521. The highest BCUT2D eigenvalue weighted by atomic mass is 16.6. The SMILES string of the molecule is CC(C)(C)OC(=O)N1CCCCCCCCN2C[C@H]1C2=O. The Bertz CT molecular complexity index is 389. The molecule has 120 valence electrons. The minimum absolute atomic E-state index is 0.0847. The molecule has 0 radical (unpaired) electrons. The summed E-state index contributed by atoms with van der Waals surface area (Å²) < 4.78 is 5.46. The molecule has 1 atom stereocenters. The lowest BCUT2D eigenvalue weighted by molar-refractivity contribution is -0.150. The van der Waals surface area contributed by atoms with Gasteiger partial charge in [-0.2, -0.15) is 0 Å². The molecule has 5 nitrogen and oxygen atoms in total. The van der Waals surface area contributed by atoms with Crippen LogP contribution in [0.2, 0.25) is 0 Å².